The van der Waals surface area contributed by atoms with Gasteiger partial charge in [-0.1, -0.05) is 47.7 Å². The minimum atomic E-state index is -0.321. The van der Waals surface area contributed by atoms with Crippen LogP contribution in [0.1, 0.15) is 25.0 Å². The van der Waals surface area contributed by atoms with Gasteiger partial charge in [0, 0.05) is 16.8 Å². The number of nitrogens with one attached hydrogen (secondary N) is 1. The molecule has 2 aromatic carbocycles. The molecule has 6 nitrogen and oxygen atoms in total. The van der Waals surface area contributed by atoms with Gasteiger partial charge in [0.1, 0.15) is 4.32 Å². The van der Waals surface area contributed by atoms with Crippen molar-refractivity contribution >= 4 is 63.5 Å². The van der Waals surface area contributed by atoms with Crippen LogP contribution in [0.4, 0.5) is 5.69 Å². The van der Waals surface area contributed by atoms with E-state index >= 15 is 0 Å². The van der Waals surface area contributed by atoms with Crippen molar-refractivity contribution in [3.63, 3.8) is 0 Å². The molecule has 0 radical (unpaired) electrons. The van der Waals surface area contributed by atoms with Crippen LogP contribution in [0, 0.1) is 6.92 Å². The predicted octanol–water partition coefficient (Wildman–Crippen LogP) is 5.28. The Morgan fingerprint density at radius 3 is 2.69 bits per heavy atom. The van der Waals surface area contributed by atoms with Crippen LogP contribution < -0.4 is 14.8 Å². The average molecular weight is 491 g/mol. The number of anilines is 1. The average Bonchev–Trinajstić information content (AvgIpc) is 3.03. The third kappa shape index (κ3) is 5.43. The summed E-state index contributed by atoms with van der Waals surface area (Å²) in [6, 6.07) is 10.5. The molecule has 0 bridgehead atoms. The largest absolute Gasteiger partial charge is 0.493 e. The van der Waals surface area contributed by atoms with Gasteiger partial charge in [-0.15, -0.1) is 0 Å². The lowest BCUT2D eigenvalue weighted by Gasteiger charge is -2.18. The highest BCUT2D eigenvalue weighted by Gasteiger charge is 2.33. The Balaban J connectivity index is 1.69. The highest BCUT2D eigenvalue weighted by atomic mass is 35.5. The molecular weight excluding hydrogens is 468 g/mol. The fraction of sp³-hybridized carbons (Fsp3) is 0.261. The number of thiocarbonyl (C=S) groups is 1. The number of carbonyl (C=O) groups is 2. The Hall–Kier alpha value is -2.55. The van der Waals surface area contributed by atoms with Gasteiger partial charge in [-0.2, -0.15) is 0 Å². The molecule has 32 heavy (non-hydrogen) atoms. The van der Waals surface area contributed by atoms with Gasteiger partial charge in [-0.3, -0.25) is 14.5 Å². The fourth-order valence-electron chi connectivity index (χ4n) is 3.04. The summed E-state index contributed by atoms with van der Waals surface area (Å²) in [6.45, 7) is 5.48. The molecule has 9 heteroatoms. The molecule has 2 amide bonds. The smallest absolute Gasteiger partial charge is 0.266 e. The summed E-state index contributed by atoms with van der Waals surface area (Å²) in [5, 5.41) is 3.36. The lowest BCUT2D eigenvalue weighted by atomic mass is 10.1. The fourth-order valence-corrected chi connectivity index (χ4v) is 4.74. The van der Waals surface area contributed by atoms with E-state index in [2.05, 4.69) is 5.32 Å². The lowest BCUT2D eigenvalue weighted by molar-refractivity contribution is -0.123. The number of methoxy groups -OCH3 is 1. The monoisotopic (exact) mass is 490 g/mol. The second kappa shape index (κ2) is 10.4. The summed E-state index contributed by atoms with van der Waals surface area (Å²) >= 11 is 12.7. The Bertz CT molecular complexity index is 1100. The van der Waals surface area contributed by atoms with E-state index in [0.29, 0.717) is 31.4 Å². The van der Waals surface area contributed by atoms with Gasteiger partial charge in [0.2, 0.25) is 0 Å². The van der Waals surface area contributed by atoms with Crippen molar-refractivity contribution in [2.75, 3.05) is 19.0 Å². The van der Waals surface area contributed by atoms with E-state index in [0.717, 1.165) is 11.1 Å². The van der Waals surface area contributed by atoms with Gasteiger partial charge >= 0.3 is 0 Å². The quantitative estimate of drug-likeness (QED) is 0.420. The first kappa shape index (κ1) is 24.1. The molecule has 1 fully saturated rings. The molecule has 1 N–H and O–H groups in total. The van der Waals surface area contributed by atoms with Gasteiger partial charge in [-0.05, 0) is 62.2 Å². The number of carbonyl (C=O) groups excluding carboxylic acids is 2. The first-order valence-corrected chi connectivity index (χ1v) is 11.4. The van der Waals surface area contributed by atoms with Crippen molar-refractivity contribution < 1.29 is 19.1 Å². The van der Waals surface area contributed by atoms with Crippen molar-refractivity contribution in [3.05, 3.63) is 57.5 Å². The molecular formula is C23H23ClN2O4S2. The Morgan fingerprint density at radius 1 is 1.28 bits per heavy atom. The molecule has 1 saturated heterocycles. The van der Waals surface area contributed by atoms with E-state index < -0.39 is 0 Å². The molecule has 0 spiro atoms. The second-order valence-electron chi connectivity index (χ2n) is 7.31. The van der Waals surface area contributed by atoms with Gasteiger partial charge in [0.15, 0.2) is 18.1 Å². The summed E-state index contributed by atoms with van der Waals surface area (Å²) in [4.78, 5) is 27.1. The zero-order valence-corrected chi connectivity index (χ0v) is 20.5. The molecule has 168 valence electrons. The molecule has 1 aliphatic heterocycles. The number of nitrogens with zero attached hydrogens (tertiary/aromatic N) is 1. The Labute approximate surface area is 201 Å². The van der Waals surface area contributed by atoms with Crippen LogP contribution in [0.15, 0.2) is 41.3 Å². The minimum absolute atomic E-state index is 0.000516. The van der Waals surface area contributed by atoms with Gasteiger partial charge in [0.25, 0.3) is 11.8 Å². The Morgan fingerprint density at radius 2 is 2.03 bits per heavy atom. The first-order valence-electron chi connectivity index (χ1n) is 9.84. The van der Waals surface area contributed by atoms with Crippen LogP contribution in [0.3, 0.4) is 0 Å². The van der Waals surface area contributed by atoms with Crippen molar-refractivity contribution in [1.82, 2.24) is 4.90 Å². The normalized spacial score (nSPS) is 14.9. The molecule has 1 aliphatic rings. The summed E-state index contributed by atoms with van der Waals surface area (Å²) in [6.07, 6.45) is 1.77. The van der Waals surface area contributed by atoms with Crippen LogP contribution in [0.25, 0.3) is 6.08 Å². The van der Waals surface area contributed by atoms with Crippen molar-refractivity contribution in [1.29, 1.82) is 0 Å². The molecule has 0 saturated carbocycles. The zero-order chi connectivity index (χ0) is 23.4. The molecule has 0 unspecified atom stereocenters. The number of hydrogen-bond donors (Lipinski definition) is 1. The van der Waals surface area contributed by atoms with Crippen molar-refractivity contribution in [3.8, 4) is 11.5 Å². The maximum Gasteiger partial charge on any atom is 0.266 e. The maximum absolute atomic E-state index is 12.6. The third-order valence-electron chi connectivity index (χ3n) is 4.73. The van der Waals surface area contributed by atoms with E-state index in [4.69, 9.17) is 33.3 Å². The van der Waals surface area contributed by atoms with E-state index in [1.807, 2.05) is 20.8 Å². The van der Waals surface area contributed by atoms with E-state index in [1.165, 1.54) is 18.9 Å². The Kier molecular flexibility index (Phi) is 7.82. The lowest BCUT2D eigenvalue weighted by Crippen LogP contribution is -2.34. The van der Waals surface area contributed by atoms with Crippen molar-refractivity contribution in [2.24, 2.45) is 0 Å². The van der Waals surface area contributed by atoms with E-state index in [9.17, 15) is 9.59 Å². The highest BCUT2D eigenvalue weighted by molar-refractivity contribution is 8.26. The molecule has 3 rings (SSSR count). The number of amides is 2. The molecule has 2 aromatic rings. The van der Waals surface area contributed by atoms with Crippen molar-refractivity contribution in [2.45, 2.75) is 26.8 Å². The van der Waals surface area contributed by atoms with Crippen LogP contribution in [0.5, 0.6) is 11.5 Å². The predicted molar refractivity (Wildman–Crippen MR) is 133 cm³/mol. The standard InChI is InChI=1S/C23H23ClN2O4S2/c1-13(2)26-22(28)20(32-23(26)31)11-15-8-9-18(19(10-15)29-4)30-12-21(27)25-17-7-5-6-16(24)14(17)3/h5-11,13H,12H2,1-4H3,(H,25,27)/b20-11-. The topological polar surface area (TPSA) is 67.9 Å². The van der Waals surface area contributed by atoms with Crippen LogP contribution in [0.2, 0.25) is 5.02 Å². The number of ether oxygens (including phenoxy) is 2. The third-order valence-corrected chi connectivity index (χ3v) is 6.47. The summed E-state index contributed by atoms with van der Waals surface area (Å²) < 4.78 is 11.6. The zero-order valence-electron chi connectivity index (χ0n) is 18.1. The van der Waals surface area contributed by atoms with E-state index in [1.54, 1.807) is 47.4 Å². The van der Waals surface area contributed by atoms with Crippen LogP contribution >= 0.6 is 35.6 Å². The summed E-state index contributed by atoms with van der Waals surface area (Å²) in [5.74, 6) is 0.434. The highest BCUT2D eigenvalue weighted by Crippen LogP contribution is 2.35. The molecule has 0 aromatic heterocycles. The molecule has 0 aliphatic carbocycles. The number of benzene rings is 2. The summed E-state index contributed by atoms with van der Waals surface area (Å²) in [7, 11) is 1.51. The number of hydrogen-bond acceptors (Lipinski definition) is 6. The van der Waals surface area contributed by atoms with Gasteiger partial charge < -0.3 is 14.8 Å². The van der Waals surface area contributed by atoms with E-state index in [-0.39, 0.29) is 24.5 Å². The number of halogens is 1. The SMILES string of the molecule is COc1cc(/C=C2\SC(=S)N(C(C)C)C2=O)ccc1OCC(=O)Nc1cccc(Cl)c1C. The van der Waals surface area contributed by atoms with Crippen LogP contribution in [-0.2, 0) is 9.59 Å². The maximum atomic E-state index is 12.6. The van der Waals surface area contributed by atoms with Crippen LogP contribution in [-0.4, -0.2) is 40.8 Å². The summed E-state index contributed by atoms with van der Waals surface area (Å²) in [5.41, 5.74) is 2.18. The number of rotatable bonds is 7. The van der Waals surface area contributed by atoms with Gasteiger partial charge in [0.05, 0.1) is 12.0 Å². The number of thioether (sulfide) groups is 1. The first-order chi connectivity index (χ1) is 15.2. The minimum Gasteiger partial charge on any atom is -0.493 e. The molecule has 1 heterocycles. The van der Waals surface area contributed by atoms with Gasteiger partial charge in [-0.25, -0.2) is 0 Å². The molecule has 0 atom stereocenters. The second-order valence-corrected chi connectivity index (χ2v) is 9.39.